The molecule has 2 aliphatic heterocycles. The van der Waals surface area contributed by atoms with Crippen molar-refractivity contribution in [3.63, 3.8) is 0 Å². The monoisotopic (exact) mass is 653 g/mol. The smallest absolute Gasteiger partial charge is 0.402 e. The molecule has 46 heavy (non-hydrogen) atoms. The van der Waals surface area contributed by atoms with Gasteiger partial charge in [-0.2, -0.15) is 0 Å². The maximum atomic E-state index is 11.5. The van der Waals surface area contributed by atoms with Gasteiger partial charge in [0.15, 0.2) is 29.6 Å². The topological polar surface area (TPSA) is 277 Å². The third kappa shape index (κ3) is 6.39. The molecule has 10 N–H and O–H groups in total. The van der Waals surface area contributed by atoms with E-state index in [0.717, 1.165) is 31.2 Å². The van der Waals surface area contributed by atoms with E-state index in [0.29, 0.717) is 0 Å². The Labute approximate surface area is 259 Å². The lowest BCUT2D eigenvalue weighted by Gasteiger charge is -2.43. The van der Waals surface area contributed by atoms with Gasteiger partial charge in [0.1, 0.15) is 53.5 Å². The lowest BCUT2D eigenvalue weighted by Crippen LogP contribution is -2.62. The predicted molar refractivity (Wildman–Crippen MR) is 150 cm³/mol. The molecule has 3 heterocycles. The quantitative estimate of drug-likeness (QED) is 0.0875. The number of carbonyl (C=O) groups is 1. The molecule has 0 aliphatic carbocycles. The Morgan fingerprint density at radius 3 is 2.13 bits per heavy atom. The lowest BCUT2D eigenvalue weighted by molar-refractivity contribution is -0.319. The third-order valence-electron chi connectivity index (χ3n) is 7.57. The second kappa shape index (κ2) is 12.9. The molecular formula is C29H33O17+. The van der Waals surface area contributed by atoms with Gasteiger partial charge in [0.25, 0.3) is 0 Å². The maximum absolute atomic E-state index is 11.5. The maximum Gasteiger partial charge on any atom is 0.402 e. The number of hydrogen-bond acceptors (Lipinski definition) is 16. The first-order valence-corrected chi connectivity index (χ1v) is 13.9. The Morgan fingerprint density at radius 2 is 1.48 bits per heavy atom. The van der Waals surface area contributed by atoms with Crippen LogP contribution in [0.3, 0.4) is 0 Å². The van der Waals surface area contributed by atoms with Crippen molar-refractivity contribution in [2.45, 2.75) is 75.3 Å². The summed E-state index contributed by atoms with van der Waals surface area (Å²) < 4.78 is 33.4. The summed E-state index contributed by atoms with van der Waals surface area (Å²) in [6, 6.07) is 5.36. The molecule has 17 nitrogen and oxygen atoms in total. The Morgan fingerprint density at radius 1 is 0.804 bits per heavy atom. The number of fused-ring (bicyclic) bond motifs is 1. The number of benzene rings is 2. The average molecular weight is 654 g/mol. The van der Waals surface area contributed by atoms with E-state index < -0.39 is 97.0 Å². The highest BCUT2D eigenvalue weighted by molar-refractivity contribution is 5.88. The fraction of sp³-hybridized carbons (Fsp3) is 0.448. The van der Waals surface area contributed by atoms with E-state index in [2.05, 4.69) is 0 Å². The molecule has 0 saturated carbocycles. The first-order valence-electron chi connectivity index (χ1n) is 13.9. The predicted octanol–water partition coefficient (Wildman–Crippen LogP) is -0.490. The number of phenolic OH excluding ortho intramolecular Hbond substituents is 5. The standard InChI is InChI=1S/C29H32O17/c1-9-20(35)27(43-10(2)30)25(40)28(42-9)41-8-19-22(37)23(38)24(39)29(46-19)45-18-7-13-14(32)5-12(31)6-17(13)44-26(18)11-3-15(33)21(36)16(34)4-11/h3-7,9,19-20,22-25,27-29,35,37-40H,8H2,1-2H3,(H4-,31,32,33,34,36)/p+1. The van der Waals surface area contributed by atoms with Crippen LogP contribution in [0.15, 0.2) is 34.7 Å². The molecule has 1 aromatic heterocycles. The summed E-state index contributed by atoms with van der Waals surface area (Å²) >= 11 is 0. The number of aromatic hydroxyl groups is 5. The Balaban J connectivity index is 1.43. The fourth-order valence-corrected chi connectivity index (χ4v) is 5.14. The van der Waals surface area contributed by atoms with Crippen molar-refractivity contribution in [3.8, 4) is 45.8 Å². The van der Waals surface area contributed by atoms with E-state index in [9.17, 15) is 55.9 Å². The number of phenols is 5. The number of rotatable bonds is 7. The minimum atomic E-state index is -1.90. The molecule has 5 rings (SSSR count). The highest BCUT2D eigenvalue weighted by Gasteiger charge is 2.49. The van der Waals surface area contributed by atoms with Crippen molar-refractivity contribution in [1.29, 1.82) is 0 Å². The van der Waals surface area contributed by atoms with E-state index in [1.165, 1.54) is 13.0 Å². The van der Waals surface area contributed by atoms with Gasteiger partial charge in [0, 0.05) is 31.2 Å². The van der Waals surface area contributed by atoms with Crippen LogP contribution in [0.5, 0.6) is 34.5 Å². The molecule has 3 aromatic rings. The molecule has 0 amide bonds. The third-order valence-corrected chi connectivity index (χ3v) is 7.57. The van der Waals surface area contributed by atoms with Crippen molar-refractivity contribution in [2.24, 2.45) is 0 Å². The Bertz CT molecular complexity index is 1570. The van der Waals surface area contributed by atoms with Crippen molar-refractivity contribution in [2.75, 3.05) is 6.61 Å². The normalized spacial score (nSPS) is 31.5. The molecule has 250 valence electrons. The van der Waals surface area contributed by atoms with Crippen molar-refractivity contribution >= 4 is 16.9 Å². The minimum Gasteiger partial charge on any atom is -0.507 e. The van der Waals surface area contributed by atoms with Gasteiger partial charge >= 0.3 is 17.3 Å². The summed E-state index contributed by atoms with van der Waals surface area (Å²) in [5.74, 6) is -4.49. The molecule has 0 radical (unpaired) electrons. The van der Waals surface area contributed by atoms with Gasteiger partial charge in [0.2, 0.25) is 12.0 Å². The molecule has 17 heteroatoms. The Kier molecular flexibility index (Phi) is 9.30. The second-order valence-corrected chi connectivity index (χ2v) is 10.9. The van der Waals surface area contributed by atoms with Crippen LogP contribution in [-0.2, 0) is 23.7 Å². The average Bonchev–Trinajstić information content (AvgIpc) is 2.99. The van der Waals surface area contributed by atoms with Crippen LogP contribution in [0.2, 0.25) is 0 Å². The van der Waals surface area contributed by atoms with Crippen LogP contribution in [0, 0.1) is 0 Å². The second-order valence-electron chi connectivity index (χ2n) is 10.9. The van der Waals surface area contributed by atoms with Gasteiger partial charge in [-0.15, -0.1) is 0 Å². The van der Waals surface area contributed by atoms with Crippen LogP contribution in [0.4, 0.5) is 0 Å². The highest BCUT2D eigenvalue weighted by atomic mass is 16.7. The van der Waals surface area contributed by atoms with Crippen LogP contribution >= 0.6 is 0 Å². The molecule has 2 aromatic carbocycles. The van der Waals surface area contributed by atoms with Crippen molar-refractivity contribution in [1.82, 2.24) is 0 Å². The van der Waals surface area contributed by atoms with Crippen LogP contribution in [0.1, 0.15) is 13.8 Å². The largest absolute Gasteiger partial charge is 0.507 e. The van der Waals surface area contributed by atoms with Gasteiger partial charge in [0.05, 0.1) is 24.3 Å². The van der Waals surface area contributed by atoms with Crippen LogP contribution < -0.4 is 4.74 Å². The van der Waals surface area contributed by atoms with E-state index >= 15 is 0 Å². The molecule has 2 fully saturated rings. The summed E-state index contributed by atoms with van der Waals surface area (Å²) in [7, 11) is 0. The molecule has 10 atom stereocenters. The van der Waals surface area contributed by atoms with Gasteiger partial charge in [-0.05, 0) is 6.92 Å². The SMILES string of the molecule is CC(=O)OC1C(O)C(C)OC(OCC2OC(Oc3cc4c(O)cc(O)cc4[o+]c3-c3cc(O)c(O)c(O)c3)C(O)C(O)C2O)C1O. The summed E-state index contributed by atoms with van der Waals surface area (Å²) in [6.07, 6.45) is -15.6. The van der Waals surface area contributed by atoms with E-state index in [1.54, 1.807) is 0 Å². The summed E-state index contributed by atoms with van der Waals surface area (Å²) in [5, 5.41) is 103. The molecule has 2 aliphatic rings. The van der Waals surface area contributed by atoms with Crippen LogP contribution in [0.25, 0.3) is 22.3 Å². The minimum absolute atomic E-state index is 0.00313. The van der Waals surface area contributed by atoms with E-state index in [1.807, 2.05) is 0 Å². The number of aliphatic hydroxyl groups excluding tert-OH is 5. The van der Waals surface area contributed by atoms with E-state index in [-0.39, 0.29) is 33.8 Å². The number of esters is 1. The van der Waals surface area contributed by atoms with Crippen LogP contribution in [-0.4, -0.2) is 125 Å². The summed E-state index contributed by atoms with van der Waals surface area (Å²) in [4.78, 5) is 11.5. The molecule has 10 unspecified atom stereocenters. The molecule has 0 bridgehead atoms. The van der Waals surface area contributed by atoms with Gasteiger partial charge in [-0.1, -0.05) is 0 Å². The number of ether oxygens (including phenoxy) is 5. The first kappa shape index (κ1) is 33.2. The first-order chi connectivity index (χ1) is 21.7. The zero-order chi connectivity index (χ0) is 33.6. The summed E-state index contributed by atoms with van der Waals surface area (Å²) in [6.45, 7) is 1.94. The Hall–Kier alpha value is -4.20. The summed E-state index contributed by atoms with van der Waals surface area (Å²) in [5.41, 5.74) is -0.170. The lowest BCUT2D eigenvalue weighted by atomic mass is 9.98. The molecule has 0 spiro atoms. The zero-order valence-electron chi connectivity index (χ0n) is 24.2. The molecule has 2 saturated heterocycles. The number of aliphatic hydroxyl groups is 5. The van der Waals surface area contributed by atoms with Gasteiger partial charge in [-0.25, -0.2) is 4.42 Å². The number of hydrogen-bond donors (Lipinski definition) is 10. The fourth-order valence-electron chi connectivity index (χ4n) is 5.14. The van der Waals surface area contributed by atoms with Crippen molar-refractivity contribution in [3.05, 3.63) is 30.3 Å². The van der Waals surface area contributed by atoms with Crippen molar-refractivity contribution < 1.29 is 84.0 Å². The van der Waals surface area contributed by atoms with E-state index in [4.69, 9.17) is 28.1 Å². The van der Waals surface area contributed by atoms with Gasteiger partial charge in [-0.3, -0.25) is 4.79 Å². The number of carbonyl (C=O) groups excluding carboxylic acids is 1. The van der Waals surface area contributed by atoms with Gasteiger partial charge < -0.3 is 74.7 Å². The zero-order valence-corrected chi connectivity index (χ0v) is 24.2. The molecular weight excluding hydrogens is 620 g/mol. The highest BCUT2D eigenvalue weighted by Crippen LogP contribution is 2.45.